The molecule has 0 amide bonds. The Morgan fingerprint density at radius 3 is 1.89 bits per heavy atom. The molecule has 6 N–H and O–H groups in total. The first-order chi connectivity index (χ1) is 17.6. The number of aromatic nitrogens is 4. The van der Waals surface area contributed by atoms with Crippen molar-refractivity contribution >= 4 is 30.4 Å². The molecule has 4 aromatic heterocycles. The van der Waals surface area contributed by atoms with Gasteiger partial charge in [0.15, 0.2) is 11.8 Å². The lowest BCUT2D eigenvalue weighted by molar-refractivity contribution is 0.452. The highest BCUT2D eigenvalue weighted by molar-refractivity contribution is 5.68. The fourth-order valence-corrected chi connectivity index (χ4v) is 5.34. The van der Waals surface area contributed by atoms with Crippen LogP contribution in [0.2, 0.25) is 0 Å². The van der Waals surface area contributed by atoms with Crippen LogP contribution in [0, 0.1) is 27.7 Å². The largest absolute Gasteiger partial charge is 0.494 e. The van der Waals surface area contributed by atoms with E-state index in [1.165, 1.54) is 22.3 Å². The SMILES string of the molecule is C=Cc1c(C=c2[nH]c(=Cc3[nH]c(C=c4[nH]c(O)c(C)c4=CC)c(C)c3CC)c(CC)c2C)[nH]c(O)c1C. The number of aromatic amines is 4. The van der Waals surface area contributed by atoms with E-state index in [1.807, 2.05) is 32.9 Å². The van der Waals surface area contributed by atoms with E-state index in [4.69, 9.17) is 0 Å². The maximum atomic E-state index is 10.2. The molecule has 0 radical (unpaired) electrons. The van der Waals surface area contributed by atoms with Crippen molar-refractivity contribution in [3.63, 3.8) is 0 Å². The smallest absolute Gasteiger partial charge is 0.192 e. The number of nitrogens with one attached hydrogen (secondary N) is 4. The predicted molar refractivity (Wildman–Crippen MR) is 154 cm³/mol. The number of H-pyrrole nitrogens is 4. The van der Waals surface area contributed by atoms with Gasteiger partial charge in [-0.2, -0.15) is 0 Å². The summed E-state index contributed by atoms with van der Waals surface area (Å²) in [6.45, 7) is 18.3. The van der Waals surface area contributed by atoms with Crippen LogP contribution in [0.4, 0.5) is 0 Å². The summed E-state index contributed by atoms with van der Waals surface area (Å²) < 4.78 is 0. The van der Waals surface area contributed by atoms with Crippen molar-refractivity contribution < 1.29 is 10.2 Å². The van der Waals surface area contributed by atoms with Gasteiger partial charge >= 0.3 is 0 Å². The minimum atomic E-state index is 0.167. The normalized spacial score (nSPS) is 13.9. The first kappa shape index (κ1) is 26.0. The summed E-state index contributed by atoms with van der Waals surface area (Å²) in [5.41, 5.74) is 10.4. The summed E-state index contributed by atoms with van der Waals surface area (Å²) in [5.74, 6) is 0.370. The Labute approximate surface area is 217 Å². The molecule has 0 spiro atoms. The van der Waals surface area contributed by atoms with Gasteiger partial charge in [-0.1, -0.05) is 32.6 Å². The van der Waals surface area contributed by atoms with Gasteiger partial charge in [-0.05, 0) is 87.9 Å². The zero-order valence-electron chi connectivity index (χ0n) is 22.9. The molecule has 0 aliphatic carbocycles. The molecule has 6 nitrogen and oxygen atoms in total. The lowest BCUT2D eigenvalue weighted by atomic mass is 10.1. The molecule has 0 bridgehead atoms. The minimum absolute atomic E-state index is 0.167. The molecular weight excluding hydrogens is 460 g/mol. The van der Waals surface area contributed by atoms with Crippen LogP contribution in [0.1, 0.15) is 76.8 Å². The van der Waals surface area contributed by atoms with E-state index < -0.39 is 0 Å². The molecule has 4 rings (SSSR count). The van der Waals surface area contributed by atoms with E-state index in [9.17, 15) is 10.2 Å². The maximum Gasteiger partial charge on any atom is 0.192 e. The van der Waals surface area contributed by atoms with Gasteiger partial charge in [0.1, 0.15) is 0 Å². The Balaban J connectivity index is 1.92. The molecule has 194 valence electrons. The first-order valence-corrected chi connectivity index (χ1v) is 12.9. The third kappa shape index (κ3) is 4.48. The molecule has 0 aliphatic heterocycles. The van der Waals surface area contributed by atoms with Crippen molar-refractivity contribution in [3.05, 3.63) is 83.9 Å². The zero-order valence-corrected chi connectivity index (χ0v) is 22.9. The molecule has 0 aromatic carbocycles. The van der Waals surface area contributed by atoms with Crippen molar-refractivity contribution in [1.29, 1.82) is 0 Å². The maximum absolute atomic E-state index is 10.2. The van der Waals surface area contributed by atoms with Crippen molar-refractivity contribution in [2.75, 3.05) is 0 Å². The number of rotatable bonds is 6. The van der Waals surface area contributed by atoms with Gasteiger partial charge in [-0.15, -0.1) is 0 Å². The number of aromatic hydroxyl groups is 2. The highest BCUT2D eigenvalue weighted by Crippen LogP contribution is 2.25. The molecule has 0 atom stereocenters. The van der Waals surface area contributed by atoms with Crippen LogP contribution in [-0.4, -0.2) is 30.1 Å². The third-order valence-electron chi connectivity index (χ3n) is 7.57. The standard InChI is InChI=1S/C31H38N4O2/c1-9-20-16(5)24(13-28-22(11-3)18(7)30(36)34-28)32-26(20)15-27-21(10-2)17(6)25(33-27)14-29-23(12-4)19(8)31(37)35-29/h11-15,32-37H,3,9-10H2,1-2,4-8H3. The summed E-state index contributed by atoms with van der Waals surface area (Å²) >= 11 is 0. The van der Waals surface area contributed by atoms with Crippen molar-refractivity contribution in [1.82, 2.24) is 19.9 Å². The van der Waals surface area contributed by atoms with Crippen LogP contribution >= 0.6 is 0 Å². The molecule has 0 saturated heterocycles. The molecule has 4 aromatic rings. The monoisotopic (exact) mass is 498 g/mol. The number of hydrogen-bond acceptors (Lipinski definition) is 2. The van der Waals surface area contributed by atoms with Crippen LogP contribution < -0.4 is 21.3 Å². The second-order valence-electron chi connectivity index (χ2n) is 9.60. The second-order valence-corrected chi connectivity index (χ2v) is 9.60. The van der Waals surface area contributed by atoms with E-state index >= 15 is 0 Å². The van der Waals surface area contributed by atoms with E-state index in [-0.39, 0.29) is 11.8 Å². The van der Waals surface area contributed by atoms with Gasteiger partial charge in [0.05, 0.1) is 11.0 Å². The summed E-state index contributed by atoms with van der Waals surface area (Å²) in [5, 5.41) is 24.3. The van der Waals surface area contributed by atoms with Crippen molar-refractivity contribution in [2.24, 2.45) is 0 Å². The van der Waals surface area contributed by atoms with Gasteiger partial charge in [-0.3, -0.25) is 0 Å². The van der Waals surface area contributed by atoms with Gasteiger partial charge < -0.3 is 30.1 Å². The molecule has 4 heterocycles. The molecule has 0 aliphatic rings. The third-order valence-corrected chi connectivity index (χ3v) is 7.57. The minimum Gasteiger partial charge on any atom is -0.494 e. The van der Waals surface area contributed by atoms with Crippen LogP contribution in [0.5, 0.6) is 11.8 Å². The molecule has 0 fully saturated rings. The van der Waals surface area contributed by atoms with Gasteiger partial charge in [0.25, 0.3) is 0 Å². The molecule has 0 saturated carbocycles. The molecule has 0 unspecified atom stereocenters. The van der Waals surface area contributed by atoms with Crippen LogP contribution in [-0.2, 0) is 12.8 Å². The molecular formula is C31H38N4O2. The van der Waals surface area contributed by atoms with Gasteiger partial charge in [-0.25, -0.2) is 0 Å². The summed E-state index contributed by atoms with van der Waals surface area (Å²) in [7, 11) is 0. The average molecular weight is 499 g/mol. The van der Waals surface area contributed by atoms with E-state index in [0.29, 0.717) is 0 Å². The predicted octanol–water partition coefficient (Wildman–Crippen LogP) is 3.70. The molecule has 6 heteroatoms. The average Bonchev–Trinajstić information content (AvgIpc) is 3.51. The Morgan fingerprint density at radius 2 is 1.27 bits per heavy atom. The quantitative estimate of drug-likeness (QED) is 0.244. The fourth-order valence-electron chi connectivity index (χ4n) is 5.34. The highest BCUT2D eigenvalue weighted by Gasteiger charge is 2.13. The summed E-state index contributed by atoms with van der Waals surface area (Å²) in [6.07, 6.45) is 11.9. The topological polar surface area (TPSA) is 104 Å². The van der Waals surface area contributed by atoms with Crippen molar-refractivity contribution in [3.8, 4) is 11.8 Å². The summed E-state index contributed by atoms with van der Waals surface area (Å²) in [6, 6.07) is 0. The summed E-state index contributed by atoms with van der Waals surface area (Å²) in [4.78, 5) is 13.4. The fraction of sp³-hybridized carbons (Fsp3) is 0.290. The van der Waals surface area contributed by atoms with Crippen molar-refractivity contribution in [2.45, 2.75) is 61.3 Å². The van der Waals surface area contributed by atoms with E-state index in [0.717, 1.165) is 67.9 Å². The van der Waals surface area contributed by atoms with Gasteiger partial charge in [0, 0.05) is 44.0 Å². The number of hydrogen-bond donors (Lipinski definition) is 6. The Hall–Kier alpha value is -4.06. The lowest BCUT2D eigenvalue weighted by Crippen LogP contribution is -2.23. The molecule has 37 heavy (non-hydrogen) atoms. The lowest BCUT2D eigenvalue weighted by Gasteiger charge is -1.98. The van der Waals surface area contributed by atoms with Crippen LogP contribution in [0.3, 0.4) is 0 Å². The Kier molecular flexibility index (Phi) is 7.12. The van der Waals surface area contributed by atoms with Gasteiger partial charge in [0.2, 0.25) is 0 Å². The Morgan fingerprint density at radius 1 is 0.649 bits per heavy atom. The van der Waals surface area contributed by atoms with E-state index in [2.05, 4.69) is 66.4 Å². The Bertz CT molecular complexity index is 1740. The second kappa shape index (κ2) is 10.1. The highest BCUT2D eigenvalue weighted by atomic mass is 16.3. The van der Waals surface area contributed by atoms with Crippen LogP contribution in [0.15, 0.2) is 6.58 Å². The van der Waals surface area contributed by atoms with E-state index in [1.54, 1.807) is 6.08 Å². The zero-order chi connectivity index (χ0) is 27.0. The van der Waals surface area contributed by atoms with Crippen LogP contribution in [0.25, 0.3) is 30.4 Å². The first-order valence-electron chi connectivity index (χ1n) is 12.9.